The second-order valence-electron chi connectivity index (χ2n) is 6.31. The third kappa shape index (κ3) is 6.75. The zero-order valence-electron chi connectivity index (χ0n) is 13.9. The molecule has 0 saturated heterocycles. The molecular formula is C20H30. The molecule has 0 heterocycles. The highest BCUT2D eigenvalue weighted by Gasteiger charge is 1.98. The van der Waals surface area contributed by atoms with Crippen molar-refractivity contribution in [2.45, 2.75) is 66.2 Å². The lowest BCUT2D eigenvalue weighted by atomic mass is 10.00. The van der Waals surface area contributed by atoms with Gasteiger partial charge in [-0.3, -0.25) is 0 Å². The molecule has 0 radical (unpaired) electrons. The molecule has 0 bridgehead atoms. The summed E-state index contributed by atoms with van der Waals surface area (Å²) in [6, 6.07) is 9.10. The molecule has 20 heavy (non-hydrogen) atoms. The second kappa shape index (κ2) is 8.79. The molecule has 1 aromatic rings. The average molecular weight is 270 g/mol. The highest BCUT2D eigenvalue weighted by molar-refractivity contribution is 5.25. The number of allylic oxidation sites excluding steroid dienone is 4. The summed E-state index contributed by atoms with van der Waals surface area (Å²) in [5, 5.41) is 0. The summed E-state index contributed by atoms with van der Waals surface area (Å²) < 4.78 is 0. The Balaban J connectivity index is 2.37. The third-order valence-electron chi connectivity index (χ3n) is 3.66. The largest absolute Gasteiger partial charge is 0.0856 e. The van der Waals surface area contributed by atoms with E-state index in [0.717, 1.165) is 12.8 Å². The van der Waals surface area contributed by atoms with E-state index in [2.05, 4.69) is 71.0 Å². The van der Waals surface area contributed by atoms with Crippen molar-refractivity contribution in [1.29, 1.82) is 0 Å². The molecule has 1 rings (SSSR count). The molecule has 0 saturated carbocycles. The second-order valence-corrected chi connectivity index (χ2v) is 6.31. The molecular weight excluding hydrogens is 240 g/mol. The molecule has 0 aliphatic heterocycles. The normalized spacial score (nSPS) is 11.8. The first-order valence-corrected chi connectivity index (χ1v) is 7.87. The van der Waals surface area contributed by atoms with Crippen LogP contribution in [0.5, 0.6) is 0 Å². The van der Waals surface area contributed by atoms with Crippen LogP contribution in [-0.2, 0) is 6.42 Å². The lowest BCUT2D eigenvalue weighted by Gasteiger charge is -2.06. The first-order chi connectivity index (χ1) is 9.49. The molecule has 0 nitrogen and oxygen atoms in total. The van der Waals surface area contributed by atoms with E-state index in [1.807, 2.05) is 0 Å². The quantitative estimate of drug-likeness (QED) is 0.500. The van der Waals surface area contributed by atoms with Crippen LogP contribution in [0.2, 0.25) is 0 Å². The molecule has 0 unspecified atom stereocenters. The van der Waals surface area contributed by atoms with Crippen molar-refractivity contribution in [1.82, 2.24) is 0 Å². The van der Waals surface area contributed by atoms with E-state index in [4.69, 9.17) is 0 Å². The summed E-state index contributed by atoms with van der Waals surface area (Å²) in [5.74, 6) is 0.626. The summed E-state index contributed by atoms with van der Waals surface area (Å²) in [6.07, 6.45) is 9.39. The zero-order valence-corrected chi connectivity index (χ0v) is 13.9. The lowest BCUT2D eigenvalue weighted by molar-refractivity contribution is 0.863. The fourth-order valence-electron chi connectivity index (χ4n) is 2.25. The highest BCUT2D eigenvalue weighted by Crippen LogP contribution is 2.16. The van der Waals surface area contributed by atoms with E-state index >= 15 is 0 Å². The van der Waals surface area contributed by atoms with Gasteiger partial charge in [0.05, 0.1) is 0 Å². The Morgan fingerprint density at radius 3 is 2.15 bits per heavy atom. The Labute approximate surface area is 125 Å². The minimum atomic E-state index is 0.626. The van der Waals surface area contributed by atoms with Gasteiger partial charge < -0.3 is 0 Å². The molecule has 0 aliphatic rings. The van der Waals surface area contributed by atoms with Crippen LogP contribution in [0.15, 0.2) is 47.6 Å². The van der Waals surface area contributed by atoms with Gasteiger partial charge in [0, 0.05) is 0 Å². The molecule has 0 spiro atoms. The van der Waals surface area contributed by atoms with Crippen LogP contribution in [0.3, 0.4) is 0 Å². The van der Waals surface area contributed by atoms with Crippen LogP contribution in [0.1, 0.15) is 70.9 Å². The van der Waals surface area contributed by atoms with Crippen molar-refractivity contribution in [2.24, 2.45) is 0 Å². The number of rotatable bonds is 7. The van der Waals surface area contributed by atoms with E-state index < -0.39 is 0 Å². The summed E-state index contributed by atoms with van der Waals surface area (Å²) in [5.41, 5.74) is 5.81. The molecule has 1 aromatic carbocycles. The minimum absolute atomic E-state index is 0.626. The standard InChI is InChI=1S/C20H30/c1-16(2)8-6-9-18(5)10-7-11-19-12-14-20(15-13-19)17(3)4/h8,10,12-15,17H,6-7,9,11H2,1-5H3/b18-10+. The Bertz CT molecular complexity index is 439. The first kappa shape index (κ1) is 16.8. The summed E-state index contributed by atoms with van der Waals surface area (Å²) in [4.78, 5) is 0. The van der Waals surface area contributed by atoms with Crippen molar-refractivity contribution >= 4 is 0 Å². The van der Waals surface area contributed by atoms with Gasteiger partial charge in [0.25, 0.3) is 0 Å². The minimum Gasteiger partial charge on any atom is -0.0856 e. The molecule has 0 amide bonds. The molecule has 0 aliphatic carbocycles. The molecule has 110 valence electrons. The lowest BCUT2D eigenvalue weighted by Crippen LogP contribution is -1.89. The van der Waals surface area contributed by atoms with E-state index in [-0.39, 0.29) is 0 Å². The predicted molar refractivity (Wildman–Crippen MR) is 91.3 cm³/mol. The van der Waals surface area contributed by atoms with Crippen molar-refractivity contribution in [3.63, 3.8) is 0 Å². The Morgan fingerprint density at radius 2 is 1.60 bits per heavy atom. The van der Waals surface area contributed by atoms with Gasteiger partial charge in [0.15, 0.2) is 0 Å². The summed E-state index contributed by atoms with van der Waals surface area (Å²) >= 11 is 0. The Morgan fingerprint density at radius 1 is 0.950 bits per heavy atom. The maximum Gasteiger partial charge on any atom is -0.0219 e. The van der Waals surface area contributed by atoms with Gasteiger partial charge in [-0.05, 0) is 63.5 Å². The van der Waals surface area contributed by atoms with E-state index in [1.54, 1.807) is 0 Å². The van der Waals surface area contributed by atoms with Gasteiger partial charge >= 0.3 is 0 Å². The topological polar surface area (TPSA) is 0 Å². The predicted octanol–water partition coefficient (Wildman–Crippen LogP) is 6.44. The molecule has 0 fully saturated rings. The molecule has 0 heteroatoms. The Hall–Kier alpha value is -1.30. The van der Waals surface area contributed by atoms with Gasteiger partial charge in [0.2, 0.25) is 0 Å². The van der Waals surface area contributed by atoms with Crippen LogP contribution in [0, 0.1) is 0 Å². The van der Waals surface area contributed by atoms with E-state index in [1.165, 1.54) is 35.1 Å². The van der Waals surface area contributed by atoms with Crippen molar-refractivity contribution in [2.75, 3.05) is 0 Å². The van der Waals surface area contributed by atoms with Crippen LogP contribution in [-0.4, -0.2) is 0 Å². The van der Waals surface area contributed by atoms with Crippen LogP contribution >= 0.6 is 0 Å². The number of benzene rings is 1. The Kier molecular flexibility index (Phi) is 7.36. The monoisotopic (exact) mass is 270 g/mol. The first-order valence-electron chi connectivity index (χ1n) is 7.87. The van der Waals surface area contributed by atoms with Crippen molar-refractivity contribution in [3.8, 4) is 0 Å². The van der Waals surface area contributed by atoms with Crippen LogP contribution in [0.4, 0.5) is 0 Å². The maximum atomic E-state index is 2.40. The summed E-state index contributed by atoms with van der Waals surface area (Å²) in [7, 11) is 0. The average Bonchev–Trinajstić information content (AvgIpc) is 2.39. The smallest absolute Gasteiger partial charge is 0.0219 e. The van der Waals surface area contributed by atoms with Crippen molar-refractivity contribution < 1.29 is 0 Å². The zero-order chi connectivity index (χ0) is 15.0. The van der Waals surface area contributed by atoms with Crippen LogP contribution < -0.4 is 0 Å². The van der Waals surface area contributed by atoms with Gasteiger partial charge in [0.1, 0.15) is 0 Å². The molecule has 0 N–H and O–H groups in total. The number of hydrogen-bond acceptors (Lipinski definition) is 0. The maximum absolute atomic E-state index is 2.40. The number of hydrogen-bond donors (Lipinski definition) is 0. The van der Waals surface area contributed by atoms with E-state index in [0.29, 0.717) is 5.92 Å². The fraction of sp³-hybridized carbons (Fsp3) is 0.500. The molecule has 0 atom stereocenters. The van der Waals surface area contributed by atoms with Gasteiger partial charge in [-0.15, -0.1) is 0 Å². The van der Waals surface area contributed by atoms with E-state index in [9.17, 15) is 0 Å². The number of aryl methyl sites for hydroxylation is 1. The third-order valence-corrected chi connectivity index (χ3v) is 3.66. The van der Waals surface area contributed by atoms with Crippen LogP contribution in [0.25, 0.3) is 0 Å². The van der Waals surface area contributed by atoms with Gasteiger partial charge in [-0.2, -0.15) is 0 Å². The highest BCUT2D eigenvalue weighted by atomic mass is 14.0. The van der Waals surface area contributed by atoms with Gasteiger partial charge in [-0.1, -0.05) is 61.4 Å². The summed E-state index contributed by atoms with van der Waals surface area (Å²) in [6.45, 7) is 11.1. The SMILES string of the molecule is CC(C)=CCC/C(C)=C/CCc1ccc(C(C)C)cc1. The fourth-order valence-corrected chi connectivity index (χ4v) is 2.25. The van der Waals surface area contributed by atoms with Gasteiger partial charge in [-0.25, -0.2) is 0 Å². The van der Waals surface area contributed by atoms with Crippen molar-refractivity contribution in [3.05, 3.63) is 58.7 Å². The molecule has 0 aromatic heterocycles.